The molecule has 10 heteroatoms. The first-order valence-electron chi connectivity index (χ1n) is 10.3. The van der Waals surface area contributed by atoms with Gasteiger partial charge in [-0.1, -0.05) is 11.8 Å². The summed E-state index contributed by atoms with van der Waals surface area (Å²) in [7, 11) is 0. The van der Waals surface area contributed by atoms with Crippen molar-refractivity contribution in [3.8, 4) is 11.5 Å². The monoisotopic (exact) mass is 554 g/mol. The Kier molecular flexibility index (Phi) is 6.77. The summed E-state index contributed by atoms with van der Waals surface area (Å²) in [5.41, 5.74) is 7.63. The van der Waals surface area contributed by atoms with Crippen LogP contribution < -0.4 is 20.5 Å². The molecule has 0 saturated carbocycles. The number of imidazole rings is 1. The second-order valence-electron chi connectivity index (χ2n) is 8.39. The summed E-state index contributed by atoms with van der Waals surface area (Å²) in [6.45, 7) is 9.45. The lowest BCUT2D eigenvalue weighted by atomic mass is 10.1. The van der Waals surface area contributed by atoms with Gasteiger partial charge in [0.05, 0.1) is 0 Å². The lowest BCUT2D eigenvalue weighted by Gasteiger charge is -2.20. The zero-order valence-electron chi connectivity index (χ0n) is 17.9. The third-order valence-electron chi connectivity index (χ3n) is 4.79. The van der Waals surface area contributed by atoms with Gasteiger partial charge in [-0.15, -0.1) is 0 Å². The van der Waals surface area contributed by atoms with Gasteiger partial charge >= 0.3 is 0 Å². The molecule has 0 atom stereocenters. The molecule has 0 bridgehead atoms. The van der Waals surface area contributed by atoms with Gasteiger partial charge in [0.1, 0.15) is 19.5 Å². The summed E-state index contributed by atoms with van der Waals surface area (Å²) in [6, 6.07) is 4.03. The molecule has 0 radical (unpaired) electrons. The van der Waals surface area contributed by atoms with Crippen molar-refractivity contribution in [2.75, 3.05) is 25.5 Å². The van der Waals surface area contributed by atoms with Crippen molar-refractivity contribution in [1.29, 1.82) is 0 Å². The fourth-order valence-corrected chi connectivity index (χ4v) is 5.01. The lowest BCUT2D eigenvalue weighted by Crippen LogP contribution is -2.36. The number of nitrogens with one attached hydrogen (secondary N) is 1. The molecule has 0 aliphatic carbocycles. The second kappa shape index (κ2) is 9.37. The van der Waals surface area contributed by atoms with E-state index in [1.807, 2.05) is 12.1 Å². The Morgan fingerprint density at radius 2 is 1.90 bits per heavy atom. The van der Waals surface area contributed by atoms with E-state index >= 15 is 0 Å². The van der Waals surface area contributed by atoms with Crippen LogP contribution in [0.5, 0.6) is 11.5 Å². The van der Waals surface area contributed by atoms with Crippen LogP contribution in [0.1, 0.15) is 33.6 Å². The highest BCUT2D eigenvalue weighted by atomic mass is 127. The first-order valence-corrected chi connectivity index (χ1v) is 12.2. The average molecular weight is 554 g/mol. The van der Waals surface area contributed by atoms with Crippen molar-refractivity contribution in [1.82, 2.24) is 24.8 Å². The Bertz CT molecular complexity index is 1080. The number of hydrogen-bond acceptors (Lipinski definition) is 8. The standard InChI is InChI=1S/C21H27IN6O2S/c1-21(2,3)26-6-4-5-7-28-19-17(18(23)24-12-25-19)27-20(28)31-16-11-15-14(10-13(16)22)29-8-9-30-15/h10-12,26H,4-9H2,1-3H3,(H2,23,24,25). The Hall–Kier alpha value is -1.79. The second-order valence-corrected chi connectivity index (χ2v) is 10.6. The van der Waals surface area contributed by atoms with Crippen LogP contribution in [-0.4, -0.2) is 44.8 Å². The highest BCUT2D eigenvalue weighted by molar-refractivity contribution is 14.1. The van der Waals surface area contributed by atoms with Crippen molar-refractivity contribution in [2.24, 2.45) is 0 Å². The number of nitrogen functional groups attached to an aromatic ring is 1. The molecule has 3 heterocycles. The van der Waals surface area contributed by atoms with Gasteiger partial charge in [-0.3, -0.25) is 0 Å². The third-order valence-corrected chi connectivity index (χ3v) is 7.10. The van der Waals surface area contributed by atoms with E-state index in [9.17, 15) is 0 Å². The fourth-order valence-electron chi connectivity index (χ4n) is 3.29. The molecule has 4 rings (SSSR count). The maximum absolute atomic E-state index is 6.09. The molecule has 3 aromatic rings. The van der Waals surface area contributed by atoms with Gasteiger partial charge in [-0.05, 0) is 74.9 Å². The van der Waals surface area contributed by atoms with E-state index < -0.39 is 0 Å². The fraction of sp³-hybridized carbons (Fsp3) is 0.476. The average Bonchev–Trinajstić information content (AvgIpc) is 3.06. The van der Waals surface area contributed by atoms with Crippen molar-refractivity contribution in [2.45, 2.75) is 55.7 Å². The molecule has 166 valence electrons. The predicted octanol–water partition coefficient (Wildman–Crippen LogP) is 4.10. The number of nitrogens with zero attached hydrogens (tertiary/aromatic N) is 4. The van der Waals surface area contributed by atoms with Crippen LogP contribution in [0.4, 0.5) is 5.82 Å². The minimum Gasteiger partial charge on any atom is -0.486 e. The van der Waals surface area contributed by atoms with E-state index in [1.165, 1.54) is 6.33 Å². The smallest absolute Gasteiger partial charge is 0.175 e. The highest BCUT2D eigenvalue weighted by Gasteiger charge is 2.20. The maximum atomic E-state index is 6.09. The Morgan fingerprint density at radius 1 is 1.16 bits per heavy atom. The largest absolute Gasteiger partial charge is 0.486 e. The number of aryl methyl sites for hydroxylation is 1. The number of aromatic nitrogens is 4. The molecule has 1 aliphatic heterocycles. The molecule has 1 aliphatic rings. The maximum Gasteiger partial charge on any atom is 0.175 e. The number of unbranched alkanes of at least 4 members (excludes halogenated alkanes) is 1. The number of anilines is 1. The van der Waals surface area contributed by atoms with Crippen LogP contribution in [0.25, 0.3) is 11.2 Å². The van der Waals surface area contributed by atoms with Crippen LogP contribution in [0.2, 0.25) is 0 Å². The zero-order chi connectivity index (χ0) is 22.0. The molecular formula is C21H27IN6O2S. The summed E-state index contributed by atoms with van der Waals surface area (Å²) in [5, 5.41) is 4.38. The van der Waals surface area contributed by atoms with E-state index in [0.29, 0.717) is 24.5 Å². The lowest BCUT2D eigenvalue weighted by molar-refractivity contribution is 0.171. The molecule has 0 unspecified atom stereocenters. The van der Waals surface area contributed by atoms with Crippen LogP contribution in [0.3, 0.4) is 0 Å². The molecule has 0 saturated heterocycles. The van der Waals surface area contributed by atoms with E-state index in [1.54, 1.807) is 11.8 Å². The molecule has 0 spiro atoms. The van der Waals surface area contributed by atoms with Crippen molar-refractivity contribution >= 4 is 51.3 Å². The molecular weight excluding hydrogens is 527 g/mol. The summed E-state index contributed by atoms with van der Waals surface area (Å²) >= 11 is 3.91. The molecule has 31 heavy (non-hydrogen) atoms. The summed E-state index contributed by atoms with van der Waals surface area (Å²) in [6.07, 6.45) is 3.56. The van der Waals surface area contributed by atoms with Crippen molar-refractivity contribution < 1.29 is 9.47 Å². The van der Waals surface area contributed by atoms with Crippen molar-refractivity contribution in [3.05, 3.63) is 22.0 Å². The molecule has 0 amide bonds. The van der Waals surface area contributed by atoms with Crippen molar-refractivity contribution in [3.63, 3.8) is 0 Å². The molecule has 8 nitrogen and oxygen atoms in total. The number of benzene rings is 1. The Balaban J connectivity index is 1.58. The molecule has 1 aromatic carbocycles. The third kappa shape index (κ3) is 5.35. The highest BCUT2D eigenvalue weighted by Crippen LogP contribution is 2.40. The SMILES string of the molecule is CC(C)(C)NCCCCn1c(Sc2cc3c(cc2I)OCCO3)nc2c(N)ncnc21. The molecule has 3 N–H and O–H groups in total. The summed E-state index contributed by atoms with van der Waals surface area (Å²) in [4.78, 5) is 14.4. The first kappa shape index (κ1) is 22.4. The number of ether oxygens (including phenoxy) is 2. The van der Waals surface area contributed by atoms with Gasteiger partial charge in [0.25, 0.3) is 0 Å². The van der Waals surface area contributed by atoms with E-state index in [-0.39, 0.29) is 5.54 Å². The number of rotatable bonds is 7. The minimum absolute atomic E-state index is 0.124. The number of halogens is 1. The van der Waals surface area contributed by atoms with Crippen LogP contribution in [-0.2, 0) is 6.54 Å². The topological polar surface area (TPSA) is 100 Å². The van der Waals surface area contributed by atoms with Crippen LogP contribution in [0, 0.1) is 3.57 Å². The van der Waals surface area contributed by atoms with Crippen LogP contribution >= 0.6 is 34.4 Å². The van der Waals surface area contributed by atoms with Gasteiger partial charge in [0, 0.05) is 20.5 Å². The van der Waals surface area contributed by atoms with Gasteiger partial charge in [0.15, 0.2) is 33.6 Å². The number of fused-ring (bicyclic) bond motifs is 2. The van der Waals surface area contributed by atoms with Crippen LogP contribution in [0.15, 0.2) is 28.5 Å². The van der Waals surface area contributed by atoms with Gasteiger partial charge in [0.2, 0.25) is 0 Å². The van der Waals surface area contributed by atoms with Gasteiger partial charge < -0.3 is 25.1 Å². The normalized spacial score (nSPS) is 13.7. The first-order chi connectivity index (χ1) is 14.8. The molecule has 0 fully saturated rings. The quantitative estimate of drug-likeness (QED) is 0.333. The zero-order valence-corrected chi connectivity index (χ0v) is 20.9. The van der Waals surface area contributed by atoms with E-state index in [2.05, 4.69) is 63.2 Å². The number of nitrogens with two attached hydrogens (primary N) is 1. The number of hydrogen-bond donors (Lipinski definition) is 2. The van der Waals surface area contributed by atoms with E-state index in [4.69, 9.17) is 20.2 Å². The minimum atomic E-state index is 0.124. The summed E-state index contributed by atoms with van der Waals surface area (Å²) in [5.74, 6) is 1.95. The molecule has 2 aromatic heterocycles. The Morgan fingerprint density at radius 3 is 2.65 bits per heavy atom. The van der Waals surface area contributed by atoms with E-state index in [0.717, 1.165) is 56.7 Å². The summed E-state index contributed by atoms with van der Waals surface area (Å²) < 4.78 is 14.7. The van der Waals surface area contributed by atoms with Gasteiger partial charge in [-0.2, -0.15) is 0 Å². The van der Waals surface area contributed by atoms with Gasteiger partial charge in [-0.25, -0.2) is 15.0 Å². The Labute approximate surface area is 199 Å². The predicted molar refractivity (Wildman–Crippen MR) is 131 cm³/mol.